The van der Waals surface area contributed by atoms with Crippen LogP contribution in [0.3, 0.4) is 0 Å². The molecule has 0 unspecified atom stereocenters. The minimum atomic E-state index is 0.0595. The van der Waals surface area contributed by atoms with E-state index in [-0.39, 0.29) is 11.2 Å². The fourth-order valence-corrected chi connectivity index (χ4v) is 4.30. The van der Waals surface area contributed by atoms with Gasteiger partial charge in [-0.3, -0.25) is 4.79 Å². The predicted molar refractivity (Wildman–Crippen MR) is 123 cm³/mol. The molecule has 0 bridgehead atoms. The Morgan fingerprint density at radius 1 is 0.828 bits per heavy atom. The molecular formula is C25H28N2OS. The van der Waals surface area contributed by atoms with Crippen LogP contribution in [-0.4, -0.2) is 30.7 Å². The van der Waals surface area contributed by atoms with Gasteiger partial charge in [-0.15, -0.1) is 11.8 Å². The molecule has 0 aliphatic carbocycles. The van der Waals surface area contributed by atoms with E-state index in [1.54, 1.807) is 11.8 Å². The molecule has 29 heavy (non-hydrogen) atoms. The first kappa shape index (κ1) is 21.2. The van der Waals surface area contributed by atoms with Crippen molar-refractivity contribution in [1.29, 1.82) is 0 Å². The molecule has 0 atom stereocenters. The zero-order valence-corrected chi connectivity index (χ0v) is 17.9. The van der Waals surface area contributed by atoms with Gasteiger partial charge in [-0.2, -0.15) is 0 Å². The number of thioether (sulfide) groups is 1. The summed E-state index contributed by atoms with van der Waals surface area (Å²) < 4.78 is 0. The van der Waals surface area contributed by atoms with Crippen molar-refractivity contribution in [3.05, 3.63) is 107 Å². The molecule has 3 rings (SSSR count). The van der Waals surface area contributed by atoms with E-state index in [0.717, 1.165) is 12.1 Å². The number of benzene rings is 3. The normalized spacial score (nSPS) is 11.0. The van der Waals surface area contributed by atoms with E-state index in [0.29, 0.717) is 12.3 Å². The maximum absolute atomic E-state index is 12.5. The predicted octanol–water partition coefficient (Wildman–Crippen LogP) is 4.89. The SMILES string of the molecule is CN(C)Cc1ccc(CNC(=O)CSC(c2ccccc2)c2ccccc2)cc1. The lowest BCUT2D eigenvalue weighted by atomic mass is 10.0. The Labute approximate surface area is 178 Å². The summed E-state index contributed by atoms with van der Waals surface area (Å²) in [6.45, 7) is 1.48. The summed E-state index contributed by atoms with van der Waals surface area (Å²) in [7, 11) is 4.12. The summed E-state index contributed by atoms with van der Waals surface area (Å²) in [6, 6.07) is 29.1. The summed E-state index contributed by atoms with van der Waals surface area (Å²) in [4.78, 5) is 14.6. The van der Waals surface area contributed by atoms with Crippen molar-refractivity contribution in [2.75, 3.05) is 19.8 Å². The summed E-state index contributed by atoms with van der Waals surface area (Å²) in [6.07, 6.45) is 0. The van der Waals surface area contributed by atoms with E-state index in [2.05, 4.69) is 72.8 Å². The third-order valence-corrected chi connectivity index (χ3v) is 5.90. The Balaban J connectivity index is 1.55. The standard InChI is InChI=1S/C25H28N2OS/c1-27(2)18-21-15-13-20(14-16-21)17-26-24(28)19-29-25(22-9-5-3-6-10-22)23-11-7-4-8-12-23/h3-16,25H,17-19H2,1-2H3,(H,26,28). The highest BCUT2D eigenvalue weighted by Crippen LogP contribution is 2.35. The van der Waals surface area contributed by atoms with Gasteiger partial charge in [0.2, 0.25) is 5.91 Å². The third-order valence-electron chi connectivity index (χ3n) is 4.60. The molecule has 3 nitrogen and oxygen atoms in total. The highest BCUT2D eigenvalue weighted by atomic mass is 32.2. The van der Waals surface area contributed by atoms with Crippen LogP contribution in [0.5, 0.6) is 0 Å². The average molecular weight is 405 g/mol. The molecule has 0 heterocycles. The molecule has 0 aliphatic heterocycles. The first-order chi connectivity index (χ1) is 14.1. The minimum absolute atomic E-state index is 0.0595. The van der Waals surface area contributed by atoms with Crippen molar-refractivity contribution in [3.63, 3.8) is 0 Å². The lowest BCUT2D eigenvalue weighted by molar-refractivity contribution is -0.118. The monoisotopic (exact) mass is 404 g/mol. The van der Waals surface area contributed by atoms with Crippen molar-refractivity contribution >= 4 is 17.7 Å². The summed E-state index contributed by atoms with van der Waals surface area (Å²) in [5.74, 6) is 0.483. The number of carbonyl (C=O) groups is 1. The summed E-state index contributed by atoms with van der Waals surface area (Å²) in [5, 5.41) is 3.19. The second-order valence-electron chi connectivity index (χ2n) is 7.34. The van der Waals surface area contributed by atoms with Crippen LogP contribution in [0.15, 0.2) is 84.9 Å². The molecule has 1 N–H and O–H groups in total. The first-order valence-electron chi connectivity index (χ1n) is 9.82. The molecule has 0 fully saturated rings. The molecule has 1 amide bonds. The third kappa shape index (κ3) is 6.77. The van der Waals surface area contributed by atoms with Gasteiger partial charge in [0.1, 0.15) is 0 Å². The number of carbonyl (C=O) groups excluding carboxylic acids is 1. The summed E-state index contributed by atoms with van der Waals surface area (Å²) >= 11 is 1.66. The van der Waals surface area contributed by atoms with Gasteiger partial charge in [-0.25, -0.2) is 0 Å². The van der Waals surface area contributed by atoms with Gasteiger partial charge in [0, 0.05) is 13.1 Å². The molecule has 150 valence electrons. The van der Waals surface area contributed by atoms with Gasteiger partial charge >= 0.3 is 0 Å². The van der Waals surface area contributed by atoms with Gasteiger partial charge in [0.15, 0.2) is 0 Å². The molecular weight excluding hydrogens is 376 g/mol. The quantitative estimate of drug-likeness (QED) is 0.551. The Bertz CT molecular complexity index is 840. The molecule has 4 heteroatoms. The lowest BCUT2D eigenvalue weighted by Crippen LogP contribution is -2.25. The maximum atomic E-state index is 12.5. The van der Waals surface area contributed by atoms with E-state index in [4.69, 9.17) is 0 Å². The van der Waals surface area contributed by atoms with Crippen LogP contribution in [0.4, 0.5) is 0 Å². The zero-order valence-electron chi connectivity index (χ0n) is 17.0. The Kier molecular flexibility index (Phi) is 7.91. The van der Waals surface area contributed by atoms with Crippen LogP contribution >= 0.6 is 11.8 Å². The number of hydrogen-bond acceptors (Lipinski definition) is 3. The maximum Gasteiger partial charge on any atom is 0.230 e. The number of rotatable bonds is 9. The van der Waals surface area contributed by atoms with Crippen molar-refractivity contribution < 1.29 is 4.79 Å². The molecule has 0 radical (unpaired) electrons. The number of amides is 1. The van der Waals surface area contributed by atoms with Crippen LogP contribution in [0.25, 0.3) is 0 Å². The van der Waals surface area contributed by atoms with Gasteiger partial charge in [-0.05, 0) is 36.3 Å². The Morgan fingerprint density at radius 2 is 1.34 bits per heavy atom. The lowest BCUT2D eigenvalue weighted by Gasteiger charge is -2.17. The highest BCUT2D eigenvalue weighted by Gasteiger charge is 2.16. The fourth-order valence-electron chi connectivity index (χ4n) is 3.18. The van der Waals surface area contributed by atoms with Crippen molar-refractivity contribution in [1.82, 2.24) is 10.2 Å². The minimum Gasteiger partial charge on any atom is -0.351 e. The van der Waals surface area contributed by atoms with Crippen LogP contribution in [0, 0.1) is 0 Å². The van der Waals surface area contributed by atoms with E-state index in [9.17, 15) is 4.79 Å². The van der Waals surface area contributed by atoms with Crippen molar-refractivity contribution in [3.8, 4) is 0 Å². The zero-order chi connectivity index (χ0) is 20.5. The molecule has 0 saturated carbocycles. The molecule has 3 aromatic carbocycles. The largest absolute Gasteiger partial charge is 0.351 e. The van der Waals surface area contributed by atoms with E-state index in [1.807, 2.05) is 36.4 Å². The number of hydrogen-bond donors (Lipinski definition) is 1. The first-order valence-corrected chi connectivity index (χ1v) is 10.9. The molecule has 3 aromatic rings. The van der Waals surface area contributed by atoms with Gasteiger partial charge < -0.3 is 10.2 Å². The van der Waals surface area contributed by atoms with Crippen LogP contribution in [-0.2, 0) is 17.9 Å². The Morgan fingerprint density at radius 3 is 1.86 bits per heavy atom. The van der Waals surface area contributed by atoms with Gasteiger partial charge in [-0.1, -0.05) is 84.9 Å². The molecule has 0 aliphatic rings. The number of nitrogens with zero attached hydrogens (tertiary/aromatic N) is 1. The van der Waals surface area contributed by atoms with Crippen LogP contribution < -0.4 is 5.32 Å². The second kappa shape index (κ2) is 10.8. The molecule has 0 spiro atoms. The topological polar surface area (TPSA) is 32.3 Å². The fraction of sp³-hybridized carbons (Fsp3) is 0.240. The smallest absolute Gasteiger partial charge is 0.230 e. The van der Waals surface area contributed by atoms with Gasteiger partial charge in [0.25, 0.3) is 0 Å². The second-order valence-corrected chi connectivity index (χ2v) is 8.44. The number of nitrogens with one attached hydrogen (secondary N) is 1. The molecule has 0 saturated heterocycles. The molecule has 0 aromatic heterocycles. The highest BCUT2D eigenvalue weighted by molar-refractivity contribution is 8.00. The van der Waals surface area contributed by atoms with Crippen molar-refractivity contribution in [2.24, 2.45) is 0 Å². The van der Waals surface area contributed by atoms with Gasteiger partial charge in [0.05, 0.1) is 11.0 Å². The van der Waals surface area contributed by atoms with Crippen LogP contribution in [0.1, 0.15) is 27.5 Å². The van der Waals surface area contributed by atoms with Crippen LogP contribution in [0.2, 0.25) is 0 Å². The van der Waals surface area contributed by atoms with Crippen molar-refractivity contribution in [2.45, 2.75) is 18.3 Å². The van der Waals surface area contributed by atoms with E-state index in [1.165, 1.54) is 16.7 Å². The average Bonchev–Trinajstić information content (AvgIpc) is 2.74. The summed E-state index contributed by atoms with van der Waals surface area (Å²) in [5.41, 5.74) is 4.82. The van der Waals surface area contributed by atoms with E-state index < -0.39 is 0 Å². The van der Waals surface area contributed by atoms with E-state index >= 15 is 0 Å². The Hall–Kier alpha value is -2.56.